The van der Waals surface area contributed by atoms with Crippen LogP contribution in [0.2, 0.25) is 0 Å². The van der Waals surface area contributed by atoms with Gasteiger partial charge in [-0.2, -0.15) is 0 Å². The smallest absolute Gasteiger partial charge is 0.319 e. The van der Waals surface area contributed by atoms with Crippen LogP contribution >= 0.6 is 0 Å². The van der Waals surface area contributed by atoms with E-state index in [9.17, 15) is 19.5 Å². The third kappa shape index (κ3) is 4.91. The predicted octanol–water partition coefficient (Wildman–Crippen LogP) is 1.18. The number of rotatable bonds is 6. The van der Waals surface area contributed by atoms with E-state index in [0.717, 1.165) is 0 Å². The number of carboxylic acids is 1. The monoisotopic (exact) mass is 291 g/mol. The molecule has 0 bridgehead atoms. The molecule has 0 spiro atoms. The number of hydrogen-bond donors (Lipinski definition) is 2. The van der Waals surface area contributed by atoms with Gasteiger partial charge in [-0.15, -0.1) is 0 Å². The normalized spacial score (nSPS) is 13.1. The first-order chi connectivity index (χ1) is 9.85. The summed E-state index contributed by atoms with van der Waals surface area (Å²) >= 11 is 0. The van der Waals surface area contributed by atoms with Crippen molar-refractivity contribution in [1.82, 2.24) is 5.32 Å². The topological polar surface area (TPSA) is 98.3 Å². The lowest BCUT2D eigenvalue weighted by atomic mass is 9.99. The molecule has 2 N–H and O–H groups in total. The molecule has 0 heterocycles. The highest BCUT2D eigenvalue weighted by atomic mass is 16.4. The molecule has 0 aliphatic rings. The van der Waals surface area contributed by atoms with Crippen molar-refractivity contribution in [2.24, 2.45) is 5.92 Å². The number of urea groups is 1. The van der Waals surface area contributed by atoms with Crippen LogP contribution in [0, 0.1) is 5.92 Å². The highest BCUT2D eigenvalue weighted by molar-refractivity contribution is 5.95. The fraction of sp³-hybridized carbons (Fsp3) is 0.400. The number of carboxylic acid groups (broad SMARTS) is 1. The number of ketones is 1. The average Bonchev–Trinajstić information content (AvgIpc) is 2.44. The Bertz CT molecular complexity index is 525. The lowest BCUT2D eigenvalue weighted by molar-refractivity contribution is -0.309. The maximum Gasteiger partial charge on any atom is 0.319 e. The number of carbonyl (C=O) groups is 3. The Kier molecular flexibility index (Phi) is 5.90. The van der Waals surface area contributed by atoms with Crippen LogP contribution in [0.3, 0.4) is 0 Å². The van der Waals surface area contributed by atoms with E-state index in [1.165, 1.54) is 6.92 Å². The summed E-state index contributed by atoms with van der Waals surface area (Å²) in [4.78, 5) is 33.9. The molecule has 0 saturated carbocycles. The van der Waals surface area contributed by atoms with E-state index in [-0.39, 0.29) is 11.7 Å². The predicted molar refractivity (Wildman–Crippen MR) is 76.9 cm³/mol. The first-order valence-corrected chi connectivity index (χ1v) is 6.74. The second-order valence-electron chi connectivity index (χ2n) is 4.91. The Morgan fingerprint density at radius 3 is 2.19 bits per heavy atom. The van der Waals surface area contributed by atoms with Crippen LogP contribution in [0.4, 0.5) is 10.5 Å². The SMILES string of the molecule is CC[C@@H](C)[C@H](NC(=O)Nc1ccc(C(C)=O)cc1)C(=O)[O-]. The van der Waals surface area contributed by atoms with E-state index in [1.54, 1.807) is 31.2 Å². The molecule has 2 atom stereocenters. The minimum absolute atomic E-state index is 0.0696. The number of benzene rings is 1. The molecule has 1 aromatic carbocycles. The Morgan fingerprint density at radius 1 is 1.19 bits per heavy atom. The summed E-state index contributed by atoms with van der Waals surface area (Å²) in [6, 6.07) is 4.65. The lowest BCUT2D eigenvalue weighted by Crippen LogP contribution is -2.52. The number of nitrogens with one attached hydrogen (secondary N) is 2. The van der Waals surface area contributed by atoms with Gasteiger partial charge in [0.2, 0.25) is 0 Å². The number of carbonyl (C=O) groups excluding carboxylic acids is 3. The molecule has 0 radical (unpaired) electrons. The molecule has 21 heavy (non-hydrogen) atoms. The van der Waals surface area contributed by atoms with Gasteiger partial charge in [0.05, 0.1) is 12.0 Å². The van der Waals surface area contributed by atoms with Crippen LogP contribution in [-0.2, 0) is 4.79 Å². The summed E-state index contributed by atoms with van der Waals surface area (Å²) in [5.74, 6) is -1.62. The van der Waals surface area contributed by atoms with Crippen LogP contribution in [0.1, 0.15) is 37.6 Å². The summed E-state index contributed by atoms with van der Waals surface area (Å²) in [6.07, 6.45) is 0.603. The van der Waals surface area contributed by atoms with Gasteiger partial charge >= 0.3 is 6.03 Å². The van der Waals surface area contributed by atoms with Gasteiger partial charge in [0.15, 0.2) is 5.78 Å². The molecule has 2 amide bonds. The number of Topliss-reactive ketones (excluding diaryl/α,β-unsaturated/α-hetero) is 1. The van der Waals surface area contributed by atoms with Crippen LogP contribution in [-0.4, -0.2) is 23.8 Å². The minimum Gasteiger partial charge on any atom is -0.548 e. The molecule has 1 rings (SSSR count). The quantitative estimate of drug-likeness (QED) is 0.769. The minimum atomic E-state index is -1.31. The first-order valence-electron chi connectivity index (χ1n) is 6.74. The number of hydrogen-bond acceptors (Lipinski definition) is 4. The number of amides is 2. The van der Waals surface area contributed by atoms with E-state index in [1.807, 2.05) is 6.92 Å². The number of aliphatic carboxylic acids is 1. The van der Waals surface area contributed by atoms with Gasteiger partial charge in [0.1, 0.15) is 0 Å². The van der Waals surface area contributed by atoms with Crippen molar-refractivity contribution in [3.05, 3.63) is 29.8 Å². The Morgan fingerprint density at radius 2 is 1.76 bits per heavy atom. The third-order valence-corrected chi connectivity index (χ3v) is 3.30. The fourth-order valence-electron chi connectivity index (χ4n) is 1.77. The van der Waals surface area contributed by atoms with E-state index in [2.05, 4.69) is 10.6 Å². The van der Waals surface area contributed by atoms with Crippen molar-refractivity contribution in [3.63, 3.8) is 0 Å². The third-order valence-electron chi connectivity index (χ3n) is 3.30. The Hall–Kier alpha value is -2.37. The van der Waals surface area contributed by atoms with Gasteiger partial charge in [-0.1, -0.05) is 20.3 Å². The molecular formula is C15H19N2O4-. The van der Waals surface area contributed by atoms with Crippen LogP contribution in [0.5, 0.6) is 0 Å². The van der Waals surface area contributed by atoms with Crippen LogP contribution < -0.4 is 15.7 Å². The summed E-state index contributed by atoms with van der Waals surface area (Å²) in [5, 5.41) is 15.9. The van der Waals surface area contributed by atoms with Gasteiger partial charge in [-0.3, -0.25) is 4.79 Å². The fourth-order valence-corrected chi connectivity index (χ4v) is 1.77. The van der Waals surface area contributed by atoms with E-state index < -0.39 is 18.0 Å². The van der Waals surface area contributed by atoms with Gasteiger partial charge in [0.25, 0.3) is 0 Å². The zero-order chi connectivity index (χ0) is 16.0. The largest absolute Gasteiger partial charge is 0.548 e. The van der Waals surface area contributed by atoms with Crippen molar-refractivity contribution in [2.45, 2.75) is 33.2 Å². The second-order valence-corrected chi connectivity index (χ2v) is 4.91. The molecule has 0 fully saturated rings. The average molecular weight is 291 g/mol. The van der Waals surface area contributed by atoms with Gasteiger partial charge in [0, 0.05) is 11.3 Å². The Labute approximate surface area is 123 Å². The van der Waals surface area contributed by atoms with E-state index in [0.29, 0.717) is 17.7 Å². The molecule has 0 aliphatic heterocycles. The maximum atomic E-state index is 11.8. The maximum absolute atomic E-state index is 11.8. The summed E-state index contributed by atoms with van der Waals surface area (Å²) in [7, 11) is 0. The molecule has 0 unspecified atom stereocenters. The lowest BCUT2D eigenvalue weighted by Gasteiger charge is -2.25. The highest BCUT2D eigenvalue weighted by Crippen LogP contribution is 2.11. The molecule has 6 heteroatoms. The van der Waals surface area contributed by atoms with Gasteiger partial charge < -0.3 is 20.5 Å². The summed E-state index contributed by atoms with van der Waals surface area (Å²) in [5.41, 5.74) is 1.01. The molecule has 0 aliphatic carbocycles. The van der Waals surface area contributed by atoms with E-state index >= 15 is 0 Å². The van der Waals surface area contributed by atoms with Crippen molar-refractivity contribution < 1.29 is 19.5 Å². The summed E-state index contributed by atoms with van der Waals surface area (Å²) in [6.45, 7) is 5.01. The van der Waals surface area contributed by atoms with Crippen LogP contribution in [0.25, 0.3) is 0 Å². The second kappa shape index (κ2) is 7.42. The van der Waals surface area contributed by atoms with Crippen molar-refractivity contribution in [3.8, 4) is 0 Å². The van der Waals surface area contributed by atoms with Crippen LogP contribution in [0.15, 0.2) is 24.3 Å². The summed E-state index contributed by atoms with van der Waals surface area (Å²) < 4.78 is 0. The van der Waals surface area contributed by atoms with E-state index in [4.69, 9.17) is 0 Å². The zero-order valence-corrected chi connectivity index (χ0v) is 12.3. The molecular weight excluding hydrogens is 272 g/mol. The molecule has 0 aromatic heterocycles. The first kappa shape index (κ1) is 16.7. The van der Waals surface area contributed by atoms with Crippen molar-refractivity contribution in [1.29, 1.82) is 0 Å². The molecule has 1 aromatic rings. The standard InChI is InChI=1S/C15H20N2O4/c1-4-9(2)13(14(19)20)17-15(21)16-12-7-5-11(6-8-12)10(3)18/h5-9,13H,4H2,1-3H3,(H,19,20)(H2,16,17,21)/p-1/t9-,13+/m1/s1. The van der Waals surface area contributed by atoms with Gasteiger partial charge in [-0.05, 0) is 37.1 Å². The molecule has 0 saturated heterocycles. The highest BCUT2D eigenvalue weighted by Gasteiger charge is 2.19. The van der Waals surface area contributed by atoms with Crippen molar-refractivity contribution in [2.75, 3.05) is 5.32 Å². The Balaban J connectivity index is 2.67. The molecule has 6 nitrogen and oxygen atoms in total. The van der Waals surface area contributed by atoms with Crippen molar-refractivity contribution >= 4 is 23.5 Å². The number of anilines is 1. The van der Waals surface area contributed by atoms with Gasteiger partial charge in [-0.25, -0.2) is 4.79 Å². The molecule has 114 valence electrons. The zero-order valence-electron chi connectivity index (χ0n) is 12.3.